The first-order chi connectivity index (χ1) is 14.7. The van der Waals surface area contributed by atoms with Crippen LogP contribution < -0.4 is 9.57 Å². The lowest BCUT2D eigenvalue weighted by Crippen LogP contribution is -2.44. The molecule has 8 nitrogen and oxygen atoms in total. The number of carbonyl (C=O) groups excluding carboxylic acids is 1. The number of nitrogens with zero attached hydrogens (tertiary/aromatic N) is 4. The van der Waals surface area contributed by atoms with Gasteiger partial charge in [-0.05, 0) is 45.4 Å². The molecular formula is C22H27FN4O4. The van der Waals surface area contributed by atoms with Crippen LogP contribution in [0.3, 0.4) is 0 Å². The fourth-order valence-corrected chi connectivity index (χ4v) is 2.93. The number of halogens is 1. The van der Waals surface area contributed by atoms with Crippen molar-refractivity contribution >= 4 is 11.8 Å². The number of carbonyl (C=O) groups is 1. The van der Waals surface area contributed by atoms with Crippen LogP contribution >= 0.6 is 0 Å². The van der Waals surface area contributed by atoms with E-state index in [0.29, 0.717) is 37.5 Å². The van der Waals surface area contributed by atoms with Crippen LogP contribution in [0.4, 0.5) is 9.18 Å². The van der Waals surface area contributed by atoms with Gasteiger partial charge in [0.05, 0.1) is 5.71 Å². The van der Waals surface area contributed by atoms with E-state index in [4.69, 9.17) is 14.3 Å². The molecule has 0 radical (unpaired) electrons. The van der Waals surface area contributed by atoms with E-state index in [1.807, 2.05) is 20.8 Å². The number of amides is 1. The highest BCUT2D eigenvalue weighted by molar-refractivity contribution is 5.98. The molecule has 0 spiro atoms. The van der Waals surface area contributed by atoms with Gasteiger partial charge in [-0.25, -0.2) is 9.18 Å². The Labute approximate surface area is 181 Å². The van der Waals surface area contributed by atoms with E-state index >= 15 is 0 Å². The van der Waals surface area contributed by atoms with E-state index < -0.39 is 5.60 Å². The number of ether oxygens (including phenoxy) is 2. The summed E-state index contributed by atoms with van der Waals surface area (Å²) < 4.78 is 24.3. The van der Waals surface area contributed by atoms with Crippen molar-refractivity contribution in [3.63, 3.8) is 0 Å². The van der Waals surface area contributed by atoms with Crippen molar-refractivity contribution in [3.05, 3.63) is 47.8 Å². The highest BCUT2D eigenvalue weighted by Crippen LogP contribution is 2.20. The molecule has 31 heavy (non-hydrogen) atoms. The lowest BCUT2D eigenvalue weighted by molar-refractivity contribution is 0.0122. The maximum atomic E-state index is 13.0. The Morgan fingerprint density at radius 1 is 1.06 bits per heavy atom. The summed E-state index contributed by atoms with van der Waals surface area (Å²) >= 11 is 0. The molecule has 1 aromatic carbocycles. The zero-order chi connectivity index (χ0) is 22.4. The van der Waals surface area contributed by atoms with E-state index in [2.05, 4.69) is 15.4 Å². The molecular weight excluding hydrogens is 403 g/mol. The van der Waals surface area contributed by atoms with Crippen molar-refractivity contribution in [1.82, 2.24) is 15.1 Å². The van der Waals surface area contributed by atoms with Crippen molar-refractivity contribution in [2.45, 2.75) is 52.2 Å². The second-order valence-electron chi connectivity index (χ2n) is 8.27. The zero-order valence-corrected chi connectivity index (χ0v) is 18.2. The molecule has 0 atom stereocenters. The van der Waals surface area contributed by atoms with Crippen molar-refractivity contribution in [2.75, 3.05) is 13.1 Å². The maximum absolute atomic E-state index is 13.0. The topological polar surface area (TPSA) is 86.1 Å². The van der Waals surface area contributed by atoms with Crippen LogP contribution in [0.25, 0.3) is 0 Å². The molecule has 0 aliphatic carbocycles. The van der Waals surface area contributed by atoms with Gasteiger partial charge in [0.25, 0.3) is 5.88 Å². The van der Waals surface area contributed by atoms with Crippen LogP contribution in [-0.4, -0.2) is 51.7 Å². The molecule has 0 bridgehead atoms. The number of benzene rings is 1. The molecule has 0 N–H and O–H groups in total. The number of piperidine rings is 1. The normalized spacial score (nSPS) is 15.5. The summed E-state index contributed by atoms with van der Waals surface area (Å²) in [5, 5.41) is 12.0. The van der Waals surface area contributed by atoms with Gasteiger partial charge >= 0.3 is 6.09 Å². The molecule has 1 saturated heterocycles. The average Bonchev–Trinajstić information content (AvgIpc) is 2.73. The van der Waals surface area contributed by atoms with Crippen LogP contribution in [0.2, 0.25) is 0 Å². The molecule has 3 rings (SSSR count). The van der Waals surface area contributed by atoms with Gasteiger partial charge < -0.3 is 19.2 Å². The van der Waals surface area contributed by atoms with Gasteiger partial charge in [-0.15, -0.1) is 10.2 Å². The fraction of sp³-hybridized carbons (Fsp3) is 0.455. The second kappa shape index (κ2) is 9.72. The first-order valence-electron chi connectivity index (χ1n) is 10.2. The lowest BCUT2D eigenvalue weighted by Gasteiger charge is -2.33. The van der Waals surface area contributed by atoms with E-state index in [1.165, 1.54) is 12.1 Å². The van der Waals surface area contributed by atoms with Gasteiger partial charge in [-0.3, -0.25) is 0 Å². The molecule has 1 aromatic heterocycles. The fourth-order valence-electron chi connectivity index (χ4n) is 2.93. The van der Waals surface area contributed by atoms with Crippen LogP contribution in [0.5, 0.6) is 11.8 Å². The Balaban J connectivity index is 1.47. The lowest BCUT2D eigenvalue weighted by atomic mass is 10.1. The van der Waals surface area contributed by atoms with Crippen LogP contribution in [0.15, 0.2) is 41.6 Å². The number of likely N-dealkylation sites (tertiary alicyclic amines) is 1. The summed E-state index contributed by atoms with van der Waals surface area (Å²) in [5.41, 5.74) is 0.816. The summed E-state index contributed by atoms with van der Waals surface area (Å²) in [6, 6.07) is 9.23. The van der Waals surface area contributed by atoms with E-state index in [1.54, 1.807) is 36.1 Å². The number of oxime groups is 1. The third-order valence-electron chi connectivity index (χ3n) is 4.53. The summed E-state index contributed by atoms with van der Waals surface area (Å²) in [7, 11) is 0. The number of hydrogen-bond donors (Lipinski definition) is 0. The molecule has 2 aromatic rings. The van der Waals surface area contributed by atoms with Gasteiger partial charge in [-0.2, -0.15) is 0 Å². The molecule has 0 unspecified atom stereocenters. The quantitative estimate of drug-likeness (QED) is 0.522. The third kappa shape index (κ3) is 6.91. The van der Waals surface area contributed by atoms with Crippen molar-refractivity contribution in [2.24, 2.45) is 5.16 Å². The minimum atomic E-state index is -0.508. The monoisotopic (exact) mass is 430 g/mol. The molecule has 1 amide bonds. The Kier molecular flexibility index (Phi) is 7.04. The third-order valence-corrected chi connectivity index (χ3v) is 4.53. The Morgan fingerprint density at radius 2 is 1.68 bits per heavy atom. The first-order valence-corrected chi connectivity index (χ1v) is 10.2. The number of rotatable bonds is 5. The highest BCUT2D eigenvalue weighted by atomic mass is 19.1. The van der Waals surface area contributed by atoms with E-state index in [-0.39, 0.29) is 23.9 Å². The average molecular weight is 430 g/mol. The molecule has 0 saturated carbocycles. The van der Waals surface area contributed by atoms with E-state index in [9.17, 15) is 9.18 Å². The summed E-state index contributed by atoms with van der Waals surface area (Å²) in [6.45, 7) is 8.42. The Bertz CT molecular complexity index is 903. The smallest absolute Gasteiger partial charge is 0.410 e. The molecule has 1 aliphatic heterocycles. The summed E-state index contributed by atoms with van der Waals surface area (Å²) in [5.74, 6) is 0.283. The number of hydrogen-bond acceptors (Lipinski definition) is 7. The first kappa shape index (κ1) is 22.5. The summed E-state index contributed by atoms with van der Waals surface area (Å²) in [4.78, 5) is 19.1. The van der Waals surface area contributed by atoms with Crippen LogP contribution in [0, 0.1) is 5.82 Å². The predicted octanol–water partition coefficient (Wildman–Crippen LogP) is 4.20. The standard InChI is InChI=1S/C22H27FN4O4/c1-15(16-5-7-17(23)8-6-16)26-31-20-10-9-19(24-25-20)29-18-11-13-27(14-12-18)21(28)30-22(2,3)4/h5-10,18H,11-14H2,1-4H3. The van der Waals surface area contributed by atoms with E-state index in [0.717, 1.165) is 5.56 Å². The van der Waals surface area contributed by atoms with Crippen molar-refractivity contribution in [1.29, 1.82) is 0 Å². The zero-order valence-electron chi connectivity index (χ0n) is 18.2. The van der Waals surface area contributed by atoms with Gasteiger partial charge in [0.1, 0.15) is 17.5 Å². The SMILES string of the molecule is CC(=NOc1ccc(OC2CCN(C(=O)OC(C)(C)C)CC2)nn1)c1ccc(F)cc1. The Hall–Kier alpha value is -3.23. The molecule has 1 fully saturated rings. The van der Waals surface area contributed by atoms with Gasteiger partial charge in [0, 0.05) is 38.1 Å². The predicted molar refractivity (Wildman–Crippen MR) is 113 cm³/mol. The summed E-state index contributed by atoms with van der Waals surface area (Å²) in [6.07, 6.45) is 1.00. The molecule has 166 valence electrons. The number of aromatic nitrogens is 2. The molecule has 9 heteroatoms. The molecule has 2 heterocycles. The van der Waals surface area contributed by atoms with Crippen molar-refractivity contribution < 1.29 is 23.5 Å². The highest BCUT2D eigenvalue weighted by Gasteiger charge is 2.27. The largest absolute Gasteiger partial charge is 0.473 e. The van der Waals surface area contributed by atoms with Crippen LogP contribution in [-0.2, 0) is 4.74 Å². The minimum Gasteiger partial charge on any atom is -0.473 e. The minimum absolute atomic E-state index is 0.0569. The Morgan fingerprint density at radius 3 is 2.26 bits per heavy atom. The molecule has 1 aliphatic rings. The second-order valence-corrected chi connectivity index (χ2v) is 8.27. The maximum Gasteiger partial charge on any atom is 0.410 e. The van der Waals surface area contributed by atoms with Gasteiger partial charge in [0.2, 0.25) is 5.88 Å². The van der Waals surface area contributed by atoms with Crippen LogP contribution in [0.1, 0.15) is 46.1 Å². The van der Waals surface area contributed by atoms with Crippen molar-refractivity contribution in [3.8, 4) is 11.8 Å². The van der Waals surface area contributed by atoms with Gasteiger partial charge in [0.15, 0.2) is 0 Å². The van der Waals surface area contributed by atoms with Gasteiger partial charge in [-0.1, -0.05) is 17.3 Å².